The molecule has 3 rings (SSSR count). The lowest BCUT2D eigenvalue weighted by Gasteiger charge is -2.40. The molecule has 0 aliphatic carbocycles. The zero-order valence-electron chi connectivity index (χ0n) is 14.8. The second-order valence-corrected chi connectivity index (χ2v) is 10.2. The van der Waals surface area contributed by atoms with E-state index in [0.29, 0.717) is 42.2 Å². The first-order valence-corrected chi connectivity index (χ1v) is 11.3. The Bertz CT molecular complexity index is 672. The number of carbonyl (C=O) groups excluding carboxylic acids is 1. The summed E-state index contributed by atoms with van der Waals surface area (Å²) in [5.74, 6) is -0.0788. The van der Waals surface area contributed by atoms with Crippen molar-refractivity contribution >= 4 is 27.3 Å². The molecule has 0 radical (unpaired) electrons. The molecule has 1 aromatic heterocycles. The Hall–Kier alpha value is -0.960. The van der Waals surface area contributed by atoms with E-state index in [-0.39, 0.29) is 11.8 Å². The van der Waals surface area contributed by atoms with Crippen molar-refractivity contribution in [3.8, 4) is 0 Å². The van der Waals surface area contributed by atoms with Crippen LogP contribution in [0.2, 0.25) is 0 Å². The maximum atomic E-state index is 12.6. The molecule has 2 fully saturated rings. The van der Waals surface area contributed by atoms with Crippen molar-refractivity contribution in [2.45, 2.75) is 62.2 Å². The van der Waals surface area contributed by atoms with Crippen LogP contribution in [-0.2, 0) is 14.8 Å². The summed E-state index contributed by atoms with van der Waals surface area (Å²) in [4.78, 5) is 12.6. The summed E-state index contributed by atoms with van der Waals surface area (Å²) >= 11 is 1.24. The molecule has 0 saturated carbocycles. The lowest BCUT2D eigenvalue weighted by Crippen LogP contribution is -2.56. The first-order chi connectivity index (χ1) is 11.9. The number of hydrogen-bond acceptors (Lipinski definition) is 5. The molecule has 2 atom stereocenters. The number of nitrogens with zero attached hydrogens (tertiary/aromatic N) is 2. The van der Waals surface area contributed by atoms with E-state index in [4.69, 9.17) is 0 Å². The fraction of sp³-hybridized carbons (Fsp3) is 0.706. The van der Waals surface area contributed by atoms with Gasteiger partial charge in [0.1, 0.15) is 4.21 Å². The highest BCUT2D eigenvalue weighted by Crippen LogP contribution is 2.27. The predicted octanol–water partition coefficient (Wildman–Crippen LogP) is 2.44. The standard InChI is InChI=1S/C17H27N3O3S2/c1-13-5-3-6-14(2)20(13)18-17(21)15-8-10-19(11-9-15)25(22,23)16-7-4-12-24-16/h4,7,12-15H,3,5-6,8-11H2,1-2H3,(H,18,21). The fourth-order valence-electron chi connectivity index (χ4n) is 3.76. The summed E-state index contributed by atoms with van der Waals surface area (Å²) in [5, 5.41) is 3.86. The van der Waals surface area contributed by atoms with Crippen LogP contribution in [0, 0.1) is 5.92 Å². The average Bonchev–Trinajstić information content (AvgIpc) is 3.14. The molecule has 8 heteroatoms. The minimum atomic E-state index is -3.40. The van der Waals surface area contributed by atoms with Crippen molar-refractivity contribution in [2.75, 3.05) is 13.1 Å². The molecule has 6 nitrogen and oxygen atoms in total. The molecule has 2 saturated heterocycles. The normalized spacial score (nSPS) is 27.3. The van der Waals surface area contributed by atoms with E-state index in [2.05, 4.69) is 24.3 Å². The topological polar surface area (TPSA) is 69.7 Å². The van der Waals surface area contributed by atoms with Gasteiger partial charge in [0.25, 0.3) is 10.0 Å². The van der Waals surface area contributed by atoms with Crippen LogP contribution in [0.3, 0.4) is 0 Å². The molecule has 1 amide bonds. The summed E-state index contributed by atoms with van der Waals surface area (Å²) in [5.41, 5.74) is 3.10. The van der Waals surface area contributed by atoms with E-state index in [1.807, 2.05) is 0 Å². The van der Waals surface area contributed by atoms with Crippen LogP contribution in [0.25, 0.3) is 0 Å². The number of nitrogens with one attached hydrogen (secondary N) is 1. The molecule has 0 bridgehead atoms. The summed E-state index contributed by atoms with van der Waals surface area (Å²) in [7, 11) is -3.40. The fourth-order valence-corrected chi connectivity index (χ4v) is 6.37. The minimum Gasteiger partial charge on any atom is -0.288 e. The summed E-state index contributed by atoms with van der Waals surface area (Å²) in [6.07, 6.45) is 4.55. The lowest BCUT2D eigenvalue weighted by molar-refractivity contribution is -0.134. The number of amides is 1. The maximum Gasteiger partial charge on any atom is 0.252 e. The smallest absolute Gasteiger partial charge is 0.252 e. The van der Waals surface area contributed by atoms with Gasteiger partial charge in [0.15, 0.2) is 0 Å². The number of sulfonamides is 1. The van der Waals surface area contributed by atoms with Crippen LogP contribution in [-0.4, -0.2) is 48.8 Å². The molecule has 2 aliphatic heterocycles. The van der Waals surface area contributed by atoms with Crippen LogP contribution in [0.15, 0.2) is 21.7 Å². The van der Waals surface area contributed by atoms with Crippen LogP contribution < -0.4 is 5.43 Å². The van der Waals surface area contributed by atoms with Crippen molar-refractivity contribution in [3.05, 3.63) is 17.5 Å². The van der Waals surface area contributed by atoms with Crippen LogP contribution in [0.5, 0.6) is 0 Å². The second kappa shape index (κ2) is 7.73. The third kappa shape index (κ3) is 4.07. The van der Waals surface area contributed by atoms with Crippen molar-refractivity contribution in [1.29, 1.82) is 0 Å². The van der Waals surface area contributed by atoms with Crippen molar-refractivity contribution in [3.63, 3.8) is 0 Å². The first kappa shape index (κ1) is 18.8. The predicted molar refractivity (Wildman–Crippen MR) is 98.6 cm³/mol. The summed E-state index contributed by atoms with van der Waals surface area (Å²) < 4.78 is 27.0. The lowest BCUT2D eigenvalue weighted by atomic mass is 9.96. The Kier molecular flexibility index (Phi) is 5.82. The van der Waals surface area contributed by atoms with Gasteiger partial charge in [-0.05, 0) is 51.0 Å². The SMILES string of the molecule is CC1CCCC(C)N1NC(=O)C1CCN(S(=O)(=O)c2cccs2)CC1. The number of hydrogen-bond donors (Lipinski definition) is 1. The van der Waals surface area contributed by atoms with Crippen LogP contribution in [0.1, 0.15) is 46.0 Å². The van der Waals surface area contributed by atoms with Gasteiger partial charge in [-0.2, -0.15) is 4.31 Å². The van der Waals surface area contributed by atoms with Gasteiger partial charge in [0, 0.05) is 31.1 Å². The molecule has 0 aromatic carbocycles. The zero-order valence-corrected chi connectivity index (χ0v) is 16.5. The molecule has 1 aromatic rings. The molecule has 140 valence electrons. The molecule has 0 spiro atoms. The number of hydrazine groups is 1. The third-order valence-electron chi connectivity index (χ3n) is 5.35. The number of thiophene rings is 1. The third-order valence-corrected chi connectivity index (χ3v) is 8.62. The highest BCUT2D eigenvalue weighted by atomic mass is 32.2. The van der Waals surface area contributed by atoms with Gasteiger partial charge in [-0.1, -0.05) is 12.5 Å². The minimum absolute atomic E-state index is 0.0359. The molecule has 1 N–H and O–H groups in total. The van der Waals surface area contributed by atoms with E-state index < -0.39 is 10.0 Å². The second-order valence-electron chi connectivity index (χ2n) is 7.12. The molecule has 2 unspecified atom stereocenters. The monoisotopic (exact) mass is 385 g/mol. The summed E-state index contributed by atoms with van der Waals surface area (Å²) in [6.45, 7) is 5.10. The van der Waals surface area contributed by atoms with Crippen LogP contribution >= 0.6 is 11.3 Å². The molecule has 2 aliphatic rings. The first-order valence-electron chi connectivity index (χ1n) is 9.02. The summed E-state index contributed by atoms with van der Waals surface area (Å²) in [6, 6.07) is 4.09. The zero-order chi connectivity index (χ0) is 18.0. The van der Waals surface area contributed by atoms with E-state index in [0.717, 1.165) is 12.8 Å². The molecular formula is C17H27N3O3S2. The van der Waals surface area contributed by atoms with Gasteiger partial charge >= 0.3 is 0 Å². The molecular weight excluding hydrogens is 358 g/mol. The van der Waals surface area contributed by atoms with E-state index in [1.165, 1.54) is 22.1 Å². The van der Waals surface area contributed by atoms with E-state index in [1.54, 1.807) is 17.5 Å². The highest BCUT2D eigenvalue weighted by molar-refractivity contribution is 7.91. The average molecular weight is 386 g/mol. The largest absolute Gasteiger partial charge is 0.288 e. The Morgan fingerprint density at radius 3 is 2.36 bits per heavy atom. The van der Waals surface area contributed by atoms with E-state index >= 15 is 0 Å². The van der Waals surface area contributed by atoms with Crippen molar-refractivity contribution < 1.29 is 13.2 Å². The van der Waals surface area contributed by atoms with Crippen LogP contribution in [0.4, 0.5) is 0 Å². The highest BCUT2D eigenvalue weighted by Gasteiger charge is 2.34. The quantitative estimate of drug-likeness (QED) is 0.864. The van der Waals surface area contributed by atoms with Gasteiger partial charge in [-0.3, -0.25) is 10.2 Å². The van der Waals surface area contributed by atoms with Crippen molar-refractivity contribution in [2.24, 2.45) is 5.92 Å². The van der Waals surface area contributed by atoms with Gasteiger partial charge in [0.2, 0.25) is 5.91 Å². The van der Waals surface area contributed by atoms with Gasteiger partial charge in [-0.15, -0.1) is 11.3 Å². The molecule has 3 heterocycles. The number of rotatable bonds is 4. The maximum absolute atomic E-state index is 12.6. The van der Waals surface area contributed by atoms with Crippen molar-refractivity contribution in [1.82, 2.24) is 14.7 Å². The Labute approximate surface area is 154 Å². The number of piperidine rings is 2. The Balaban J connectivity index is 1.56. The van der Waals surface area contributed by atoms with Gasteiger partial charge in [0.05, 0.1) is 0 Å². The Morgan fingerprint density at radius 1 is 1.16 bits per heavy atom. The van der Waals surface area contributed by atoms with Gasteiger partial charge in [-0.25, -0.2) is 13.4 Å². The molecule has 25 heavy (non-hydrogen) atoms. The van der Waals surface area contributed by atoms with Gasteiger partial charge < -0.3 is 0 Å². The van der Waals surface area contributed by atoms with E-state index in [9.17, 15) is 13.2 Å². The number of carbonyl (C=O) groups is 1. The Morgan fingerprint density at radius 2 is 1.80 bits per heavy atom.